The second-order valence-corrected chi connectivity index (χ2v) is 5.87. The largest absolute Gasteiger partial charge is 0.381 e. The zero-order valence-electron chi connectivity index (χ0n) is 12.9. The first-order valence-electron chi connectivity index (χ1n) is 7.85. The highest BCUT2D eigenvalue weighted by Crippen LogP contribution is 2.22. The zero-order chi connectivity index (χ0) is 15.4. The van der Waals surface area contributed by atoms with Crippen LogP contribution in [0.4, 0.5) is 0 Å². The first kappa shape index (κ1) is 15.5. The molecule has 122 valence electrons. The Balaban J connectivity index is 1.60. The van der Waals surface area contributed by atoms with E-state index in [4.69, 9.17) is 14.0 Å². The third-order valence-electron chi connectivity index (χ3n) is 4.36. The van der Waals surface area contributed by atoms with Crippen LogP contribution in [-0.2, 0) is 9.47 Å². The minimum Gasteiger partial charge on any atom is -0.381 e. The quantitative estimate of drug-likeness (QED) is 0.851. The summed E-state index contributed by atoms with van der Waals surface area (Å²) in [4.78, 5) is 14.6. The molecule has 2 aliphatic rings. The standard InChI is InChI=1S/C15H23N3O4/c1-11-8-13(17-22-11)15(19)16-9-14(12-2-5-21-10-12)18-3-6-20-7-4-18/h8,12,14H,2-7,9-10H2,1H3,(H,16,19). The van der Waals surface area contributed by atoms with Gasteiger partial charge in [0.05, 0.1) is 19.8 Å². The number of carbonyl (C=O) groups excluding carboxylic acids is 1. The lowest BCUT2D eigenvalue weighted by molar-refractivity contribution is 0.00164. The van der Waals surface area contributed by atoms with Crippen LogP contribution in [0.5, 0.6) is 0 Å². The van der Waals surface area contributed by atoms with Gasteiger partial charge in [0.2, 0.25) is 0 Å². The molecule has 2 aliphatic heterocycles. The highest BCUT2D eigenvalue weighted by atomic mass is 16.5. The van der Waals surface area contributed by atoms with E-state index >= 15 is 0 Å². The van der Waals surface area contributed by atoms with Crippen molar-refractivity contribution in [1.82, 2.24) is 15.4 Å². The number of aryl methyl sites for hydroxylation is 1. The number of rotatable bonds is 5. The predicted octanol–water partition coefficient (Wildman–Crippen LogP) is 0.450. The molecule has 0 bridgehead atoms. The molecule has 0 radical (unpaired) electrons. The summed E-state index contributed by atoms with van der Waals surface area (Å²) in [5, 5.41) is 6.75. The third-order valence-corrected chi connectivity index (χ3v) is 4.36. The average molecular weight is 309 g/mol. The van der Waals surface area contributed by atoms with Crippen molar-refractivity contribution in [2.45, 2.75) is 19.4 Å². The van der Waals surface area contributed by atoms with Gasteiger partial charge in [0.25, 0.3) is 5.91 Å². The van der Waals surface area contributed by atoms with Crippen molar-refractivity contribution in [2.75, 3.05) is 46.1 Å². The Morgan fingerprint density at radius 3 is 2.86 bits per heavy atom. The van der Waals surface area contributed by atoms with Crippen LogP contribution in [0.3, 0.4) is 0 Å². The molecule has 1 aromatic heterocycles. The van der Waals surface area contributed by atoms with Gasteiger partial charge >= 0.3 is 0 Å². The first-order chi connectivity index (χ1) is 10.7. The Morgan fingerprint density at radius 2 is 2.23 bits per heavy atom. The maximum absolute atomic E-state index is 12.2. The maximum atomic E-state index is 12.2. The van der Waals surface area contributed by atoms with Gasteiger partial charge in [-0.05, 0) is 13.3 Å². The molecule has 2 saturated heterocycles. The Bertz CT molecular complexity index is 493. The van der Waals surface area contributed by atoms with Crippen molar-refractivity contribution >= 4 is 5.91 Å². The molecule has 1 amide bonds. The summed E-state index contributed by atoms with van der Waals surface area (Å²) in [6, 6.07) is 1.93. The Hall–Kier alpha value is -1.44. The molecule has 22 heavy (non-hydrogen) atoms. The molecule has 7 nitrogen and oxygen atoms in total. The fourth-order valence-corrected chi connectivity index (χ4v) is 3.12. The van der Waals surface area contributed by atoms with E-state index in [9.17, 15) is 4.79 Å². The van der Waals surface area contributed by atoms with Crippen LogP contribution in [0.1, 0.15) is 22.7 Å². The van der Waals surface area contributed by atoms with Crippen molar-refractivity contribution in [3.8, 4) is 0 Å². The SMILES string of the molecule is Cc1cc(C(=O)NCC(C2CCOC2)N2CCOCC2)no1. The van der Waals surface area contributed by atoms with E-state index in [1.807, 2.05) is 0 Å². The van der Waals surface area contributed by atoms with Crippen molar-refractivity contribution in [2.24, 2.45) is 5.92 Å². The number of nitrogens with zero attached hydrogens (tertiary/aromatic N) is 2. The Kier molecular flexibility index (Phi) is 5.07. The summed E-state index contributed by atoms with van der Waals surface area (Å²) < 4.78 is 15.9. The monoisotopic (exact) mass is 309 g/mol. The molecule has 3 heterocycles. The Morgan fingerprint density at radius 1 is 1.41 bits per heavy atom. The van der Waals surface area contributed by atoms with Gasteiger partial charge in [0.1, 0.15) is 5.76 Å². The lowest BCUT2D eigenvalue weighted by atomic mass is 9.97. The minimum atomic E-state index is -0.186. The van der Waals surface area contributed by atoms with Gasteiger partial charge in [0, 0.05) is 44.3 Å². The Labute approximate surface area is 129 Å². The molecule has 7 heteroatoms. The zero-order valence-corrected chi connectivity index (χ0v) is 12.9. The minimum absolute atomic E-state index is 0.186. The van der Waals surface area contributed by atoms with E-state index in [2.05, 4.69) is 15.4 Å². The van der Waals surface area contributed by atoms with Crippen molar-refractivity contribution < 1.29 is 18.8 Å². The molecule has 2 atom stereocenters. The molecule has 3 rings (SSSR count). The molecule has 2 unspecified atom stereocenters. The molecule has 1 N–H and O–H groups in total. The van der Waals surface area contributed by atoms with E-state index in [1.54, 1.807) is 13.0 Å². The van der Waals surface area contributed by atoms with Gasteiger partial charge in [-0.1, -0.05) is 5.16 Å². The van der Waals surface area contributed by atoms with Crippen LogP contribution >= 0.6 is 0 Å². The maximum Gasteiger partial charge on any atom is 0.273 e. The molecule has 1 aromatic rings. The molecule has 0 aliphatic carbocycles. The molecule has 0 aromatic carbocycles. The van der Waals surface area contributed by atoms with Crippen LogP contribution in [0.25, 0.3) is 0 Å². The van der Waals surface area contributed by atoms with Gasteiger partial charge in [0.15, 0.2) is 5.69 Å². The summed E-state index contributed by atoms with van der Waals surface area (Å²) in [7, 11) is 0. The summed E-state index contributed by atoms with van der Waals surface area (Å²) >= 11 is 0. The van der Waals surface area contributed by atoms with Gasteiger partial charge in [-0.25, -0.2) is 0 Å². The number of nitrogens with one attached hydrogen (secondary N) is 1. The normalized spacial score (nSPS) is 24.3. The van der Waals surface area contributed by atoms with Gasteiger partial charge in [-0.15, -0.1) is 0 Å². The average Bonchev–Trinajstić information content (AvgIpc) is 3.20. The number of ether oxygens (including phenoxy) is 2. The van der Waals surface area contributed by atoms with E-state index < -0.39 is 0 Å². The lowest BCUT2D eigenvalue weighted by Gasteiger charge is -2.37. The summed E-state index contributed by atoms with van der Waals surface area (Å²) in [5.74, 6) is 0.908. The third kappa shape index (κ3) is 3.66. The predicted molar refractivity (Wildman–Crippen MR) is 78.7 cm³/mol. The second kappa shape index (κ2) is 7.21. The number of morpholine rings is 1. The molecule has 2 fully saturated rings. The summed E-state index contributed by atoms with van der Waals surface area (Å²) in [6.45, 7) is 7.25. The topological polar surface area (TPSA) is 76.8 Å². The van der Waals surface area contributed by atoms with Crippen LogP contribution in [-0.4, -0.2) is 68.1 Å². The number of hydrogen-bond donors (Lipinski definition) is 1. The van der Waals surface area contributed by atoms with E-state index in [0.29, 0.717) is 23.9 Å². The number of hydrogen-bond acceptors (Lipinski definition) is 6. The van der Waals surface area contributed by atoms with E-state index in [1.165, 1.54) is 0 Å². The smallest absolute Gasteiger partial charge is 0.273 e. The molecular formula is C15H23N3O4. The van der Waals surface area contributed by atoms with Crippen molar-refractivity contribution in [3.05, 3.63) is 17.5 Å². The van der Waals surface area contributed by atoms with Crippen molar-refractivity contribution in [1.29, 1.82) is 0 Å². The fraction of sp³-hybridized carbons (Fsp3) is 0.733. The van der Waals surface area contributed by atoms with Gasteiger partial charge in [-0.2, -0.15) is 0 Å². The van der Waals surface area contributed by atoms with E-state index in [0.717, 1.165) is 45.9 Å². The fourth-order valence-electron chi connectivity index (χ4n) is 3.12. The summed E-state index contributed by atoms with van der Waals surface area (Å²) in [5.41, 5.74) is 0.334. The molecule has 0 spiro atoms. The highest BCUT2D eigenvalue weighted by molar-refractivity contribution is 5.92. The first-order valence-corrected chi connectivity index (χ1v) is 7.85. The van der Waals surface area contributed by atoms with E-state index in [-0.39, 0.29) is 11.9 Å². The van der Waals surface area contributed by atoms with Crippen LogP contribution in [0.15, 0.2) is 10.6 Å². The molecule has 0 saturated carbocycles. The number of carbonyl (C=O) groups is 1. The second-order valence-electron chi connectivity index (χ2n) is 5.87. The van der Waals surface area contributed by atoms with Crippen molar-refractivity contribution in [3.63, 3.8) is 0 Å². The number of aromatic nitrogens is 1. The van der Waals surface area contributed by atoms with Crippen LogP contribution in [0.2, 0.25) is 0 Å². The van der Waals surface area contributed by atoms with Crippen LogP contribution in [0, 0.1) is 12.8 Å². The van der Waals surface area contributed by atoms with Gasteiger partial charge in [-0.3, -0.25) is 9.69 Å². The lowest BCUT2D eigenvalue weighted by Crippen LogP contribution is -2.52. The molecular weight excluding hydrogens is 286 g/mol. The van der Waals surface area contributed by atoms with Crippen LogP contribution < -0.4 is 5.32 Å². The summed E-state index contributed by atoms with van der Waals surface area (Å²) in [6.07, 6.45) is 1.04. The number of amides is 1. The van der Waals surface area contributed by atoms with Gasteiger partial charge < -0.3 is 19.3 Å². The highest BCUT2D eigenvalue weighted by Gasteiger charge is 2.32.